The molecule has 0 aliphatic carbocycles. The molecule has 0 N–H and O–H groups in total. The van der Waals surface area contributed by atoms with Crippen LogP contribution in [0.5, 0.6) is 0 Å². The van der Waals surface area contributed by atoms with Crippen LogP contribution in [0, 0.1) is 0 Å². The third kappa shape index (κ3) is 22.6. The molecule has 0 bridgehead atoms. The Hall–Kier alpha value is 1.86. The van der Waals surface area contributed by atoms with Crippen molar-refractivity contribution in [3.8, 4) is 0 Å². The standard InChI is InChI=1S/CH4.H4O7P2.2Sn/c;1-8(2,3)7-9(4,5)6;;/h1H4;(H2,1,2,3)(H2,4,5,6);;/q;;2*+2/p-4. The van der Waals surface area contributed by atoms with Crippen molar-refractivity contribution in [3.63, 3.8) is 0 Å². The smallest absolute Gasteiger partial charge is 0.790 e. The van der Waals surface area contributed by atoms with Crippen LogP contribution >= 0.6 is 15.6 Å². The van der Waals surface area contributed by atoms with E-state index in [-0.39, 0.29) is 55.2 Å². The second-order valence-corrected chi connectivity index (χ2v) is 3.42. The molecule has 0 amide bonds. The number of hydrogen-bond acceptors (Lipinski definition) is 7. The Balaban J connectivity index is -0.000000107. The molecule has 4 radical (unpaired) electrons. The molecule has 0 heterocycles. The summed E-state index contributed by atoms with van der Waals surface area (Å²) in [5.74, 6) is 0. The van der Waals surface area contributed by atoms with E-state index in [1.54, 1.807) is 0 Å². The van der Waals surface area contributed by atoms with Gasteiger partial charge in [0.1, 0.15) is 0 Å². The second kappa shape index (κ2) is 8.19. The van der Waals surface area contributed by atoms with Gasteiger partial charge < -0.3 is 33.0 Å². The van der Waals surface area contributed by atoms with Crippen LogP contribution in [0.4, 0.5) is 0 Å². The van der Waals surface area contributed by atoms with E-state index in [1.807, 2.05) is 0 Å². The van der Waals surface area contributed by atoms with E-state index >= 15 is 0 Å². The van der Waals surface area contributed by atoms with Gasteiger partial charge in [0.15, 0.2) is 0 Å². The van der Waals surface area contributed by atoms with Crippen LogP contribution in [0.25, 0.3) is 0 Å². The third-order valence-electron chi connectivity index (χ3n) is 0.200. The van der Waals surface area contributed by atoms with Crippen LogP contribution < -0.4 is 19.6 Å². The summed E-state index contributed by atoms with van der Waals surface area (Å²) in [6, 6.07) is 0. The minimum Gasteiger partial charge on any atom is -0.790 e. The van der Waals surface area contributed by atoms with Gasteiger partial charge in [-0.25, -0.2) is 0 Å². The molecule has 0 unspecified atom stereocenters. The SMILES string of the molecule is C.O=P([O-])([O-])OP(=O)([O-])[O-].[Sn+2].[Sn+2]. The van der Waals surface area contributed by atoms with Crippen LogP contribution in [0.2, 0.25) is 0 Å². The van der Waals surface area contributed by atoms with Crippen molar-refractivity contribution in [2.45, 2.75) is 7.43 Å². The minimum atomic E-state index is -5.68. The molecule has 11 heteroatoms. The van der Waals surface area contributed by atoms with Crippen LogP contribution in [-0.4, -0.2) is 47.8 Å². The molecular formula is CH4O7P2Sn2. The first kappa shape index (κ1) is 23.6. The summed E-state index contributed by atoms with van der Waals surface area (Å²) in [6.45, 7) is 0. The van der Waals surface area contributed by atoms with E-state index < -0.39 is 15.6 Å². The van der Waals surface area contributed by atoms with Crippen molar-refractivity contribution >= 4 is 63.5 Å². The average molecular weight is 427 g/mol. The Morgan fingerprint density at radius 3 is 1.00 bits per heavy atom. The topological polar surface area (TPSA) is 136 Å². The van der Waals surface area contributed by atoms with E-state index in [2.05, 4.69) is 4.31 Å². The van der Waals surface area contributed by atoms with E-state index in [9.17, 15) is 28.7 Å². The Kier molecular flexibility index (Phi) is 16.1. The molecule has 7 nitrogen and oxygen atoms in total. The first-order valence-corrected chi connectivity index (χ1v) is 4.38. The Morgan fingerprint density at radius 2 is 1.00 bits per heavy atom. The Labute approximate surface area is 103 Å². The molecule has 12 heavy (non-hydrogen) atoms. The molecule has 68 valence electrons. The summed E-state index contributed by atoms with van der Waals surface area (Å²) in [5, 5.41) is 0. The molecule has 0 spiro atoms. The van der Waals surface area contributed by atoms with E-state index in [1.165, 1.54) is 0 Å². The van der Waals surface area contributed by atoms with Crippen LogP contribution in [0.15, 0.2) is 0 Å². The van der Waals surface area contributed by atoms with Crippen molar-refractivity contribution in [2.75, 3.05) is 0 Å². The molecular weight excluding hydrogens is 423 g/mol. The average Bonchev–Trinajstić information content (AvgIpc) is 1.14. The van der Waals surface area contributed by atoms with Crippen LogP contribution in [0.3, 0.4) is 0 Å². The predicted octanol–water partition coefficient (Wildman–Crippen LogP) is -3.47. The fourth-order valence-corrected chi connectivity index (χ4v) is 1.10. The summed E-state index contributed by atoms with van der Waals surface area (Å²) in [4.78, 5) is 37.3. The van der Waals surface area contributed by atoms with Crippen molar-refractivity contribution in [1.82, 2.24) is 0 Å². The first-order valence-electron chi connectivity index (χ1n) is 1.46. The molecule has 0 atom stereocenters. The molecule has 0 aromatic heterocycles. The van der Waals surface area contributed by atoms with Gasteiger partial charge in [0.05, 0.1) is 15.6 Å². The fourth-order valence-electron chi connectivity index (χ4n) is 0.122. The fraction of sp³-hybridized carbons (Fsp3) is 1.00. The molecule has 0 saturated carbocycles. The number of hydrogen-bond donors (Lipinski definition) is 0. The van der Waals surface area contributed by atoms with Gasteiger partial charge in [0, 0.05) is 0 Å². The van der Waals surface area contributed by atoms with Gasteiger partial charge in [-0.1, -0.05) is 7.43 Å². The summed E-state index contributed by atoms with van der Waals surface area (Å²) in [6.07, 6.45) is 0. The van der Waals surface area contributed by atoms with E-state index in [4.69, 9.17) is 0 Å². The number of rotatable bonds is 2. The first-order chi connectivity index (χ1) is 3.71. The van der Waals surface area contributed by atoms with Crippen molar-refractivity contribution in [1.29, 1.82) is 0 Å². The van der Waals surface area contributed by atoms with E-state index in [0.29, 0.717) is 0 Å². The van der Waals surface area contributed by atoms with Gasteiger partial charge in [0.2, 0.25) is 0 Å². The quantitative estimate of drug-likeness (QED) is 0.330. The summed E-state index contributed by atoms with van der Waals surface area (Å²) in [7, 11) is -11.4. The molecule has 0 aromatic carbocycles. The maximum absolute atomic E-state index is 9.32. The molecule has 0 rings (SSSR count). The number of phosphoric acid groups is 2. The second-order valence-electron chi connectivity index (χ2n) is 0.976. The zero-order chi connectivity index (χ0) is 7.71. The van der Waals surface area contributed by atoms with Gasteiger partial charge in [-0.2, -0.15) is 0 Å². The minimum absolute atomic E-state index is 0. The van der Waals surface area contributed by atoms with Crippen molar-refractivity contribution in [2.24, 2.45) is 0 Å². The summed E-state index contributed by atoms with van der Waals surface area (Å²) >= 11 is 0. The van der Waals surface area contributed by atoms with Gasteiger partial charge in [-0.05, 0) is 0 Å². The zero-order valence-corrected chi connectivity index (χ0v) is 12.2. The maximum atomic E-state index is 9.32. The van der Waals surface area contributed by atoms with Crippen LogP contribution in [0.1, 0.15) is 7.43 Å². The molecule has 0 saturated heterocycles. The Bertz CT molecular complexity index is 160. The molecule has 0 aliphatic heterocycles. The largest absolute Gasteiger partial charge is 2.00 e. The zero-order valence-electron chi connectivity index (χ0n) is 4.75. The summed E-state index contributed by atoms with van der Waals surface area (Å²) in [5.41, 5.74) is 0. The van der Waals surface area contributed by atoms with Gasteiger partial charge in [0.25, 0.3) is 0 Å². The Morgan fingerprint density at radius 1 is 0.833 bits per heavy atom. The maximum Gasteiger partial charge on any atom is 2.00 e. The predicted molar refractivity (Wildman–Crippen MR) is 34.5 cm³/mol. The molecule has 0 aromatic rings. The molecule has 0 aliphatic rings. The third-order valence-corrected chi connectivity index (χ3v) is 1.80. The van der Waals surface area contributed by atoms with Gasteiger partial charge in [-0.15, -0.1) is 0 Å². The normalized spacial score (nSPS) is 10.3. The summed E-state index contributed by atoms with van der Waals surface area (Å²) < 4.78 is 21.2. The van der Waals surface area contributed by atoms with E-state index in [0.717, 1.165) is 0 Å². The van der Waals surface area contributed by atoms with Crippen molar-refractivity contribution < 1.29 is 33.0 Å². The molecule has 0 fully saturated rings. The van der Waals surface area contributed by atoms with Gasteiger partial charge >= 0.3 is 47.8 Å². The van der Waals surface area contributed by atoms with Crippen molar-refractivity contribution in [3.05, 3.63) is 0 Å². The van der Waals surface area contributed by atoms with Gasteiger partial charge in [-0.3, -0.25) is 0 Å². The monoisotopic (exact) mass is 430 g/mol. The van der Waals surface area contributed by atoms with Crippen LogP contribution in [-0.2, 0) is 13.4 Å².